The summed E-state index contributed by atoms with van der Waals surface area (Å²) in [6.45, 7) is 1.65. The molecule has 0 spiro atoms. The van der Waals surface area contributed by atoms with Gasteiger partial charge in [0.05, 0.1) is 23.9 Å². The SMILES string of the molecule is COC(=O)C1=C(C)N(c2cccc(Cl)c2)C(=O)/C1=C\c1cccc(F)c1. The fourth-order valence-electron chi connectivity index (χ4n) is 2.87. The van der Waals surface area contributed by atoms with Crippen molar-refractivity contribution in [1.82, 2.24) is 0 Å². The zero-order valence-electron chi connectivity index (χ0n) is 14.1. The Kier molecular flexibility index (Phi) is 4.91. The average molecular weight is 372 g/mol. The van der Waals surface area contributed by atoms with E-state index in [1.54, 1.807) is 37.3 Å². The molecular weight excluding hydrogens is 357 g/mol. The van der Waals surface area contributed by atoms with Crippen LogP contribution in [0.4, 0.5) is 10.1 Å². The largest absolute Gasteiger partial charge is 0.465 e. The first kappa shape index (κ1) is 17.9. The van der Waals surface area contributed by atoms with Crippen molar-refractivity contribution < 1.29 is 18.7 Å². The van der Waals surface area contributed by atoms with Gasteiger partial charge >= 0.3 is 5.97 Å². The molecule has 3 rings (SSSR count). The van der Waals surface area contributed by atoms with E-state index >= 15 is 0 Å². The number of methoxy groups -OCH3 is 1. The topological polar surface area (TPSA) is 46.6 Å². The predicted octanol–water partition coefficient (Wildman–Crippen LogP) is 4.36. The first-order valence-corrected chi connectivity index (χ1v) is 8.17. The van der Waals surface area contributed by atoms with Crippen LogP contribution >= 0.6 is 11.6 Å². The van der Waals surface area contributed by atoms with E-state index in [2.05, 4.69) is 0 Å². The van der Waals surface area contributed by atoms with Crippen LogP contribution in [0, 0.1) is 5.82 Å². The molecule has 1 heterocycles. The Morgan fingerprint density at radius 2 is 1.92 bits per heavy atom. The van der Waals surface area contributed by atoms with E-state index in [1.165, 1.54) is 36.3 Å². The molecule has 0 radical (unpaired) electrons. The van der Waals surface area contributed by atoms with Gasteiger partial charge in [-0.15, -0.1) is 0 Å². The molecule has 4 nitrogen and oxygen atoms in total. The second kappa shape index (κ2) is 7.14. The predicted molar refractivity (Wildman–Crippen MR) is 98.0 cm³/mol. The monoisotopic (exact) mass is 371 g/mol. The summed E-state index contributed by atoms with van der Waals surface area (Å²) >= 11 is 6.03. The summed E-state index contributed by atoms with van der Waals surface area (Å²) in [4.78, 5) is 26.7. The molecule has 132 valence electrons. The quantitative estimate of drug-likeness (QED) is 0.595. The molecule has 0 N–H and O–H groups in total. The molecule has 0 unspecified atom stereocenters. The van der Waals surface area contributed by atoms with Crippen LogP contribution in [0.25, 0.3) is 6.08 Å². The summed E-state index contributed by atoms with van der Waals surface area (Å²) in [5.41, 5.74) is 1.70. The van der Waals surface area contributed by atoms with Crippen molar-refractivity contribution in [1.29, 1.82) is 0 Å². The number of hydrogen-bond donors (Lipinski definition) is 0. The maximum Gasteiger partial charge on any atom is 0.340 e. The standard InChI is InChI=1S/C20H15ClFNO3/c1-12-18(20(25)26-2)17(10-13-5-3-7-15(22)9-13)19(24)23(12)16-8-4-6-14(21)11-16/h3-11H,1-2H3/b17-10-. The highest BCUT2D eigenvalue weighted by Crippen LogP contribution is 2.36. The molecule has 1 amide bonds. The van der Waals surface area contributed by atoms with Crippen molar-refractivity contribution in [2.75, 3.05) is 12.0 Å². The lowest BCUT2D eigenvalue weighted by Crippen LogP contribution is -2.24. The number of anilines is 1. The molecule has 0 saturated carbocycles. The number of esters is 1. The van der Waals surface area contributed by atoms with Crippen LogP contribution < -0.4 is 4.90 Å². The van der Waals surface area contributed by atoms with Gasteiger partial charge < -0.3 is 4.74 Å². The second-order valence-corrected chi connectivity index (χ2v) is 6.12. The van der Waals surface area contributed by atoms with Crippen molar-refractivity contribution >= 4 is 35.2 Å². The first-order valence-electron chi connectivity index (χ1n) is 7.79. The van der Waals surface area contributed by atoms with E-state index < -0.39 is 17.7 Å². The molecule has 0 bridgehead atoms. The van der Waals surface area contributed by atoms with Gasteiger partial charge in [-0.2, -0.15) is 0 Å². The van der Waals surface area contributed by atoms with E-state index in [0.29, 0.717) is 22.0 Å². The van der Waals surface area contributed by atoms with Crippen molar-refractivity contribution in [3.8, 4) is 0 Å². The molecule has 0 saturated heterocycles. The summed E-state index contributed by atoms with van der Waals surface area (Å²) in [5, 5.41) is 0.463. The summed E-state index contributed by atoms with van der Waals surface area (Å²) in [6, 6.07) is 12.5. The van der Waals surface area contributed by atoms with Crippen molar-refractivity contribution in [2.24, 2.45) is 0 Å². The fraction of sp³-hybridized carbons (Fsp3) is 0.100. The Morgan fingerprint density at radius 3 is 2.58 bits per heavy atom. The van der Waals surface area contributed by atoms with Gasteiger partial charge in [0.1, 0.15) is 5.82 Å². The number of ether oxygens (including phenoxy) is 1. The first-order chi connectivity index (χ1) is 12.4. The highest BCUT2D eigenvalue weighted by Gasteiger charge is 2.37. The van der Waals surface area contributed by atoms with E-state index in [1.807, 2.05) is 0 Å². The number of carbonyl (C=O) groups excluding carboxylic acids is 2. The van der Waals surface area contributed by atoms with Crippen LogP contribution in [-0.2, 0) is 14.3 Å². The number of carbonyl (C=O) groups is 2. The van der Waals surface area contributed by atoms with Crippen molar-refractivity contribution in [2.45, 2.75) is 6.92 Å². The molecule has 6 heteroatoms. The van der Waals surface area contributed by atoms with Crippen LogP contribution in [0.2, 0.25) is 5.02 Å². The van der Waals surface area contributed by atoms with E-state index in [4.69, 9.17) is 16.3 Å². The molecule has 1 aliphatic rings. The molecule has 0 aliphatic carbocycles. The minimum absolute atomic E-state index is 0.139. The minimum Gasteiger partial charge on any atom is -0.465 e. The van der Waals surface area contributed by atoms with E-state index in [9.17, 15) is 14.0 Å². The van der Waals surface area contributed by atoms with E-state index in [0.717, 1.165) is 0 Å². The lowest BCUT2D eigenvalue weighted by atomic mass is 10.0. The maximum absolute atomic E-state index is 13.5. The number of halogens is 2. The van der Waals surface area contributed by atoms with Crippen LogP contribution in [0.15, 0.2) is 65.4 Å². The van der Waals surface area contributed by atoms with Crippen molar-refractivity contribution in [3.05, 3.63) is 81.8 Å². The zero-order chi connectivity index (χ0) is 18.8. The van der Waals surface area contributed by atoms with Gasteiger partial charge in [-0.05, 0) is 48.9 Å². The highest BCUT2D eigenvalue weighted by atomic mass is 35.5. The van der Waals surface area contributed by atoms with Crippen molar-refractivity contribution in [3.63, 3.8) is 0 Å². The Labute approximate surface area is 155 Å². The van der Waals surface area contributed by atoms with Gasteiger partial charge in [-0.3, -0.25) is 9.69 Å². The Bertz CT molecular complexity index is 965. The number of hydrogen-bond acceptors (Lipinski definition) is 3. The number of nitrogens with zero attached hydrogens (tertiary/aromatic N) is 1. The normalized spacial score (nSPS) is 15.8. The summed E-state index contributed by atoms with van der Waals surface area (Å²) in [5.74, 6) is -1.48. The molecule has 0 fully saturated rings. The van der Waals surface area contributed by atoms with Gasteiger partial charge in [0, 0.05) is 10.7 Å². The molecule has 0 atom stereocenters. The molecule has 1 aliphatic heterocycles. The maximum atomic E-state index is 13.5. The van der Waals surface area contributed by atoms with E-state index in [-0.39, 0.29) is 11.1 Å². The lowest BCUT2D eigenvalue weighted by Gasteiger charge is -2.18. The molecule has 26 heavy (non-hydrogen) atoms. The third-order valence-corrected chi connectivity index (χ3v) is 4.25. The van der Waals surface area contributed by atoms with Gasteiger partial charge in [0.2, 0.25) is 0 Å². The number of amides is 1. The number of benzene rings is 2. The van der Waals surface area contributed by atoms with Gasteiger partial charge in [-0.25, -0.2) is 9.18 Å². The Morgan fingerprint density at radius 1 is 1.19 bits per heavy atom. The van der Waals surface area contributed by atoms with Crippen LogP contribution in [-0.4, -0.2) is 19.0 Å². The Hall–Kier alpha value is -2.92. The number of allylic oxidation sites excluding steroid dienone is 1. The molecule has 2 aromatic carbocycles. The van der Waals surface area contributed by atoms with Crippen LogP contribution in [0.5, 0.6) is 0 Å². The lowest BCUT2D eigenvalue weighted by molar-refractivity contribution is -0.136. The second-order valence-electron chi connectivity index (χ2n) is 5.69. The Balaban J connectivity index is 2.15. The third kappa shape index (κ3) is 3.26. The molecule has 2 aromatic rings. The van der Waals surface area contributed by atoms with Gasteiger partial charge in [-0.1, -0.05) is 29.8 Å². The molecular formula is C20H15ClFNO3. The van der Waals surface area contributed by atoms with Gasteiger partial charge in [0.25, 0.3) is 5.91 Å². The average Bonchev–Trinajstić information content (AvgIpc) is 2.84. The fourth-order valence-corrected chi connectivity index (χ4v) is 3.05. The molecule has 0 aromatic heterocycles. The summed E-state index contributed by atoms with van der Waals surface area (Å²) in [7, 11) is 1.24. The zero-order valence-corrected chi connectivity index (χ0v) is 14.9. The third-order valence-electron chi connectivity index (χ3n) is 4.02. The summed E-state index contributed by atoms with van der Waals surface area (Å²) in [6.07, 6.45) is 1.48. The minimum atomic E-state index is -0.636. The highest BCUT2D eigenvalue weighted by molar-refractivity contribution is 6.31. The van der Waals surface area contributed by atoms with Gasteiger partial charge in [0.15, 0.2) is 0 Å². The summed E-state index contributed by atoms with van der Waals surface area (Å²) < 4.78 is 18.3. The van der Waals surface area contributed by atoms with Crippen LogP contribution in [0.1, 0.15) is 12.5 Å². The smallest absolute Gasteiger partial charge is 0.340 e. The number of rotatable bonds is 3. The van der Waals surface area contributed by atoms with Crippen LogP contribution in [0.3, 0.4) is 0 Å².